The normalized spacial score (nSPS) is 24.7. The number of nitrogens with zero attached hydrogens (tertiary/aromatic N) is 1. The predicted molar refractivity (Wildman–Crippen MR) is 104 cm³/mol. The molecule has 0 bridgehead atoms. The molecule has 6 nitrogen and oxygen atoms in total. The van der Waals surface area contributed by atoms with Gasteiger partial charge in [0.1, 0.15) is 11.4 Å². The summed E-state index contributed by atoms with van der Waals surface area (Å²) < 4.78 is 16.5. The van der Waals surface area contributed by atoms with Gasteiger partial charge in [0.15, 0.2) is 11.5 Å². The second kappa shape index (κ2) is 6.98. The Morgan fingerprint density at radius 3 is 2.52 bits per heavy atom. The van der Waals surface area contributed by atoms with Crippen molar-refractivity contribution in [2.45, 2.75) is 51.1 Å². The number of carbonyl (C=O) groups excluding carboxylic acids is 1. The molecule has 2 heterocycles. The molecule has 146 valence electrons. The number of benzene rings is 1. The van der Waals surface area contributed by atoms with Gasteiger partial charge in [0.25, 0.3) is 5.91 Å². The Hall–Kier alpha value is -2.37. The van der Waals surface area contributed by atoms with E-state index >= 15 is 0 Å². The fourth-order valence-electron chi connectivity index (χ4n) is 5.05. The monoisotopic (exact) mass is 372 g/mol. The summed E-state index contributed by atoms with van der Waals surface area (Å²) in [5.41, 5.74) is 1.30. The molecule has 0 radical (unpaired) electrons. The third kappa shape index (κ3) is 2.82. The van der Waals surface area contributed by atoms with Crippen molar-refractivity contribution in [2.75, 3.05) is 21.3 Å². The highest BCUT2D eigenvalue weighted by atomic mass is 16.5. The van der Waals surface area contributed by atoms with Crippen molar-refractivity contribution in [2.24, 2.45) is 5.92 Å². The van der Waals surface area contributed by atoms with Crippen LogP contribution in [0, 0.1) is 5.92 Å². The maximum absolute atomic E-state index is 13.4. The van der Waals surface area contributed by atoms with Crippen LogP contribution in [0.2, 0.25) is 0 Å². The smallest absolute Gasteiger partial charge is 0.270 e. The van der Waals surface area contributed by atoms with Crippen LogP contribution < -0.4 is 14.2 Å². The highest BCUT2D eigenvalue weighted by molar-refractivity contribution is 6.02. The lowest BCUT2D eigenvalue weighted by Gasteiger charge is -2.33. The van der Waals surface area contributed by atoms with E-state index in [1.165, 1.54) is 19.3 Å². The van der Waals surface area contributed by atoms with Crippen molar-refractivity contribution in [1.29, 1.82) is 0 Å². The summed E-state index contributed by atoms with van der Waals surface area (Å²) in [6, 6.07) is 4.31. The third-order valence-electron chi connectivity index (χ3n) is 6.25. The lowest BCUT2D eigenvalue weighted by atomic mass is 9.85. The number of ether oxygens (including phenoxy) is 3. The van der Waals surface area contributed by atoms with Gasteiger partial charge in [-0.05, 0) is 38.2 Å². The molecule has 2 aromatic rings. The molecule has 1 aliphatic heterocycles. The topological polar surface area (TPSA) is 63.8 Å². The first-order valence-electron chi connectivity index (χ1n) is 9.73. The van der Waals surface area contributed by atoms with Gasteiger partial charge in [-0.25, -0.2) is 0 Å². The summed E-state index contributed by atoms with van der Waals surface area (Å²) in [7, 11) is 4.80. The lowest BCUT2D eigenvalue weighted by molar-refractivity contribution is 0.0628. The molecule has 6 heteroatoms. The van der Waals surface area contributed by atoms with Crippen LogP contribution in [0.25, 0.3) is 10.9 Å². The van der Waals surface area contributed by atoms with E-state index in [0.29, 0.717) is 34.9 Å². The first-order valence-corrected chi connectivity index (χ1v) is 9.73. The number of amides is 1. The maximum Gasteiger partial charge on any atom is 0.270 e. The number of H-pyrrole nitrogens is 1. The molecule has 2 aliphatic rings. The molecule has 1 N–H and O–H groups in total. The van der Waals surface area contributed by atoms with Crippen LogP contribution in [0.15, 0.2) is 12.1 Å². The number of aromatic amines is 1. The van der Waals surface area contributed by atoms with Gasteiger partial charge in [-0.2, -0.15) is 0 Å². The van der Waals surface area contributed by atoms with Gasteiger partial charge in [0.05, 0.1) is 26.8 Å². The molecule has 1 amide bonds. The van der Waals surface area contributed by atoms with E-state index in [2.05, 4.69) is 16.8 Å². The number of nitrogens with one attached hydrogen (secondary N) is 1. The molecule has 3 unspecified atom stereocenters. The molecule has 27 heavy (non-hydrogen) atoms. The van der Waals surface area contributed by atoms with Crippen LogP contribution in [0.4, 0.5) is 0 Å². The van der Waals surface area contributed by atoms with Gasteiger partial charge in [0, 0.05) is 23.5 Å². The van der Waals surface area contributed by atoms with Crippen LogP contribution in [-0.4, -0.2) is 49.2 Å². The number of carbonyl (C=O) groups is 1. The zero-order chi connectivity index (χ0) is 19.1. The molecular weight excluding hydrogens is 344 g/mol. The fraction of sp³-hybridized carbons (Fsp3) is 0.571. The SMILES string of the molecule is COc1cc(OC)c2cc(C(=O)N3C(C)CC4CCCCC43)[nH]c2c1OC. The number of hydrogen-bond acceptors (Lipinski definition) is 4. The van der Waals surface area contributed by atoms with E-state index in [9.17, 15) is 4.79 Å². The molecule has 2 fully saturated rings. The van der Waals surface area contributed by atoms with Gasteiger partial charge < -0.3 is 24.1 Å². The first-order chi connectivity index (χ1) is 13.1. The highest BCUT2D eigenvalue weighted by Gasteiger charge is 2.43. The highest BCUT2D eigenvalue weighted by Crippen LogP contribution is 2.43. The molecule has 1 aliphatic carbocycles. The van der Waals surface area contributed by atoms with Crippen molar-refractivity contribution >= 4 is 16.8 Å². The Morgan fingerprint density at radius 1 is 1.07 bits per heavy atom. The average molecular weight is 372 g/mol. The Kier molecular flexibility index (Phi) is 4.66. The van der Waals surface area contributed by atoms with Gasteiger partial charge in [-0.3, -0.25) is 4.79 Å². The zero-order valence-electron chi connectivity index (χ0n) is 16.5. The fourth-order valence-corrected chi connectivity index (χ4v) is 5.05. The van der Waals surface area contributed by atoms with Crippen LogP contribution >= 0.6 is 0 Å². The minimum absolute atomic E-state index is 0.0659. The number of rotatable bonds is 4. The first kappa shape index (κ1) is 18.0. The number of fused-ring (bicyclic) bond motifs is 2. The van der Waals surface area contributed by atoms with Gasteiger partial charge in [0.2, 0.25) is 0 Å². The number of aromatic nitrogens is 1. The molecule has 1 aromatic carbocycles. The Morgan fingerprint density at radius 2 is 1.81 bits per heavy atom. The summed E-state index contributed by atoms with van der Waals surface area (Å²) in [6.45, 7) is 2.17. The van der Waals surface area contributed by atoms with Crippen LogP contribution in [0.5, 0.6) is 17.2 Å². The predicted octanol–water partition coefficient (Wildman–Crippen LogP) is 3.99. The average Bonchev–Trinajstić information content (AvgIpc) is 3.26. The molecule has 3 atom stereocenters. The molecule has 1 aromatic heterocycles. The Bertz CT molecular complexity index is 859. The standard InChI is InChI=1S/C21H28N2O4/c1-12-9-13-7-5-6-8-16(13)23(12)21(24)15-10-14-17(25-2)11-18(26-3)20(27-4)19(14)22-15/h10-13,16,22H,5-9H2,1-4H3. The summed E-state index contributed by atoms with van der Waals surface area (Å²) in [5, 5.41) is 0.825. The van der Waals surface area contributed by atoms with Gasteiger partial charge in [-0.1, -0.05) is 12.8 Å². The van der Waals surface area contributed by atoms with E-state index in [0.717, 1.165) is 23.7 Å². The lowest BCUT2D eigenvalue weighted by Crippen LogP contribution is -2.42. The Labute approximate surface area is 159 Å². The Balaban J connectivity index is 1.76. The molecule has 1 saturated carbocycles. The molecule has 0 spiro atoms. The summed E-state index contributed by atoms with van der Waals surface area (Å²) >= 11 is 0. The number of methoxy groups -OCH3 is 3. The van der Waals surface area contributed by atoms with Crippen molar-refractivity contribution in [3.63, 3.8) is 0 Å². The van der Waals surface area contributed by atoms with E-state index in [1.807, 2.05) is 6.07 Å². The van der Waals surface area contributed by atoms with Crippen molar-refractivity contribution in [3.05, 3.63) is 17.8 Å². The van der Waals surface area contributed by atoms with Gasteiger partial charge >= 0.3 is 0 Å². The van der Waals surface area contributed by atoms with Gasteiger partial charge in [-0.15, -0.1) is 0 Å². The third-order valence-corrected chi connectivity index (χ3v) is 6.25. The zero-order valence-corrected chi connectivity index (χ0v) is 16.5. The number of likely N-dealkylation sites (tertiary alicyclic amines) is 1. The largest absolute Gasteiger partial charge is 0.496 e. The number of hydrogen-bond donors (Lipinski definition) is 1. The van der Waals surface area contributed by atoms with E-state index in [4.69, 9.17) is 14.2 Å². The van der Waals surface area contributed by atoms with Crippen LogP contribution in [-0.2, 0) is 0 Å². The summed E-state index contributed by atoms with van der Waals surface area (Å²) in [4.78, 5) is 18.8. The second-order valence-corrected chi connectivity index (χ2v) is 7.70. The molecular formula is C21H28N2O4. The van der Waals surface area contributed by atoms with Crippen molar-refractivity contribution in [1.82, 2.24) is 9.88 Å². The quantitative estimate of drug-likeness (QED) is 0.881. The van der Waals surface area contributed by atoms with Crippen LogP contribution in [0.3, 0.4) is 0 Å². The van der Waals surface area contributed by atoms with Crippen molar-refractivity contribution < 1.29 is 19.0 Å². The van der Waals surface area contributed by atoms with Crippen molar-refractivity contribution in [3.8, 4) is 17.2 Å². The molecule has 4 rings (SSSR count). The maximum atomic E-state index is 13.4. The van der Waals surface area contributed by atoms with E-state index in [-0.39, 0.29) is 11.9 Å². The molecule has 1 saturated heterocycles. The minimum Gasteiger partial charge on any atom is -0.496 e. The minimum atomic E-state index is 0.0659. The summed E-state index contributed by atoms with van der Waals surface area (Å²) in [5.74, 6) is 2.52. The van der Waals surface area contributed by atoms with Crippen LogP contribution in [0.1, 0.15) is 49.5 Å². The van der Waals surface area contributed by atoms with E-state index < -0.39 is 0 Å². The van der Waals surface area contributed by atoms with E-state index in [1.54, 1.807) is 27.4 Å². The summed E-state index contributed by atoms with van der Waals surface area (Å²) in [6.07, 6.45) is 5.96. The second-order valence-electron chi connectivity index (χ2n) is 7.70.